The van der Waals surface area contributed by atoms with Crippen molar-refractivity contribution in [3.8, 4) is 11.3 Å². The number of Topliss-reactive ketones (excluding diaryl/α,β-unsaturated/α-hetero) is 1. The first-order valence-electron chi connectivity index (χ1n) is 13.2. The average Bonchev–Trinajstić information content (AvgIpc) is 3.15. The molecule has 1 saturated heterocycles. The van der Waals surface area contributed by atoms with Crippen LogP contribution in [0.2, 0.25) is 0 Å². The Labute approximate surface area is 219 Å². The van der Waals surface area contributed by atoms with E-state index in [9.17, 15) is 4.79 Å². The number of benzene rings is 2. The third-order valence-electron chi connectivity index (χ3n) is 7.37. The Morgan fingerprint density at radius 1 is 1.03 bits per heavy atom. The number of likely N-dealkylation sites (tertiary alicyclic amines) is 1. The number of ketones is 1. The van der Waals surface area contributed by atoms with Crippen molar-refractivity contribution in [2.75, 3.05) is 20.1 Å². The quantitative estimate of drug-likeness (QED) is 0.295. The number of pyridine rings is 1. The molecule has 3 heterocycles. The number of aromatic nitrogens is 3. The van der Waals surface area contributed by atoms with Crippen molar-refractivity contribution in [2.45, 2.75) is 44.9 Å². The molecular weight excluding hydrogens is 456 g/mol. The summed E-state index contributed by atoms with van der Waals surface area (Å²) in [4.78, 5) is 29.0. The van der Waals surface area contributed by atoms with Crippen LogP contribution in [0, 0.1) is 6.92 Å². The van der Waals surface area contributed by atoms with E-state index in [1.807, 2.05) is 36.5 Å². The van der Waals surface area contributed by atoms with Crippen LogP contribution >= 0.6 is 0 Å². The van der Waals surface area contributed by atoms with Gasteiger partial charge >= 0.3 is 0 Å². The lowest BCUT2D eigenvalue weighted by molar-refractivity contribution is 0.0993. The van der Waals surface area contributed by atoms with Gasteiger partial charge in [-0.2, -0.15) is 0 Å². The Morgan fingerprint density at radius 2 is 1.89 bits per heavy atom. The minimum Gasteiger partial charge on any atom is -0.306 e. The van der Waals surface area contributed by atoms with E-state index >= 15 is 0 Å². The second-order valence-electron chi connectivity index (χ2n) is 10.2. The van der Waals surface area contributed by atoms with Crippen molar-refractivity contribution in [3.63, 3.8) is 0 Å². The van der Waals surface area contributed by atoms with Crippen molar-refractivity contribution in [2.24, 2.45) is 0 Å². The van der Waals surface area contributed by atoms with E-state index < -0.39 is 0 Å². The first-order chi connectivity index (χ1) is 18.0. The number of hydrogen-bond donors (Lipinski definition) is 0. The lowest BCUT2D eigenvalue weighted by Crippen LogP contribution is -2.23. The van der Waals surface area contributed by atoms with Crippen LogP contribution in [-0.2, 0) is 12.8 Å². The van der Waals surface area contributed by atoms with Crippen molar-refractivity contribution in [1.29, 1.82) is 0 Å². The summed E-state index contributed by atoms with van der Waals surface area (Å²) in [6, 6.07) is 20.4. The highest BCUT2D eigenvalue weighted by Crippen LogP contribution is 2.26. The van der Waals surface area contributed by atoms with E-state index in [2.05, 4.69) is 59.2 Å². The lowest BCUT2D eigenvalue weighted by Gasteiger charge is -2.20. The van der Waals surface area contributed by atoms with Crippen LogP contribution in [-0.4, -0.2) is 45.8 Å². The molecule has 1 aliphatic heterocycles. The first kappa shape index (κ1) is 25.0. The van der Waals surface area contributed by atoms with Gasteiger partial charge in [0.2, 0.25) is 0 Å². The van der Waals surface area contributed by atoms with Gasteiger partial charge in [-0.3, -0.25) is 9.78 Å². The van der Waals surface area contributed by atoms with Gasteiger partial charge in [-0.05, 0) is 79.7 Å². The summed E-state index contributed by atoms with van der Waals surface area (Å²) in [7, 11) is 2.20. The molecule has 0 radical (unpaired) electrons. The number of carbonyl (C=O) groups is 1. The normalized spacial score (nSPS) is 16.3. The maximum absolute atomic E-state index is 13.1. The Morgan fingerprint density at radius 3 is 2.70 bits per heavy atom. The van der Waals surface area contributed by atoms with Crippen molar-refractivity contribution in [3.05, 3.63) is 113 Å². The fraction of sp³-hybridized carbons (Fsp3) is 0.312. The summed E-state index contributed by atoms with van der Waals surface area (Å²) >= 11 is 0. The molecule has 0 spiro atoms. The molecule has 2 aromatic carbocycles. The van der Waals surface area contributed by atoms with E-state index in [1.54, 1.807) is 12.4 Å². The number of nitrogens with zero attached hydrogens (tertiary/aromatic N) is 4. The van der Waals surface area contributed by atoms with Crippen LogP contribution in [0.15, 0.2) is 79.3 Å². The van der Waals surface area contributed by atoms with Gasteiger partial charge in [-0.1, -0.05) is 48.9 Å². The molecular formula is C32H34N4O. The van der Waals surface area contributed by atoms with Crippen molar-refractivity contribution < 1.29 is 4.79 Å². The molecule has 0 aliphatic carbocycles. The molecule has 1 fully saturated rings. The standard InChI is InChI=1S/C32H34N4O/c1-23-8-9-24(18-29(23)20-32-34-16-14-30(35-32)27-7-5-15-33-21-27)19-31(37)26-12-10-25(11-13-26)28-6-3-4-17-36(2)22-28/h5,7-16,18,21,28H,3-4,6,17,19-20,22H2,1-2H3. The molecule has 2 aromatic heterocycles. The van der Waals surface area contributed by atoms with Crippen LogP contribution < -0.4 is 0 Å². The van der Waals surface area contributed by atoms with E-state index in [4.69, 9.17) is 4.98 Å². The smallest absolute Gasteiger partial charge is 0.167 e. The van der Waals surface area contributed by atoms with E-state index in [-0.39, 0.29) is 5.78 Å². The zero-order chi connectivity index (χ0) is 25.6. The maximum atomic E-state index is 13.1. The molecule has 0 bridgehead atoms. The van der Waals surface area contributed by atoms with Crippen LogP contribution in [0.1, 0.15) is 63.6 Å². The van der Waals surface area contributed by atoms with Gasteiger partial charge in [0, 0.05) is 49.1 Å². The number of aryl methyl sites for hydroxylation is 1. The van der Waals surface area contributed by atoms with E-state index in [0.717, 1.165) is 40.3 Å². The fourth-order valence-electron chi connectivity index (χ4n) is 5.19. The molecule has 188 valence electrons. The summed E-state index contributed by atoms with van der Waals surface area (Å²) in [6.45, 7) is 4.36. The van der Waals surface area contributed by atoms with Gasteiger partial charge in [0.25, 0.3) is 0 Å². The first-order valence-corrected chi connectivity index (χ1v) is 13.2. The Hall–Kier alpha value is -3.70. The number of carbonyl (C=O) groups excluding carboxylic acids is 1. The monoisotopic (exact) mass is 490 g/mol. The van der Waals surface area contributed by atoms with E-state index in [1.165, 1.54) is 36.9 Å². The SMILES string of the molecule is Cc1ccc(CC(=O)c2ccc(C3CCCCN(C)C3)cc2)cc1Cc1nccc(-c2cccnc2)n1. The highest BCUT2D eigenvalue weighted by Gasteiger charge is 2.18. The molecule has 4 aromatic rings. The Bertz CT molecular complexity index is 1350. The van der Waals surface area contributed by atoms with Crippen LogP contribution in [0.3, 0.4) is 0 Å². The molecule has 5 heteroatoms. The molecule has 1 unspecified atom stereocenters. The molecule has 1 aliphatic rings. The highest BCUT2D eigenvalue weighted by molar-refractivity contribution is 5.97. The fourth-order valence-corrected chi connectivity index (χ4v) is 5.19. The summed E-state index contributed by atoms with van der Waals surface area (Å²) in [5.41, 5.74) is 7.28. The topological polar surface area (TPSA) is 59.0 Å². The Kier molecular flexibility index (Phi) is 7.81. The van der Waals surface area contributed by atoms with Gasteiger partial charge in [0.15, 0.2) is 5.78 Å². The summed E-state index contributed by atoms with van der Waals surface area (Å²) in [5.74, 6) is 1.46. The predicted molar refractivity (Wildman–Crippen MR) is 148 cm³/mol. The predicted octanol–water partition coefficient (Wildman–Crippen LogP) is 6.06. The molecule has 0 saturated carbocycles. The van der Waals surface area contributed by atoms with Crippen LogP contribution in [0.4, 0.5) is 0 Å². The highest BCUT2D eigenvalue weighted by atomic mass is 16.1. The summed E-state index contributed by atoms with van der Waals surface area (Å²) in [6.07, 6.45) is 10.1. The van der Waals surface area contributed by atoms with Gasteiger partial charge in [0.05, 0.1) is 5.69 Å². The molecule has 5 nitrogen and oxygen atoms in total. The van der Waals surface area contributed by atoms with Gasteiger partial charge in [0.1, 0.15) is 5.82 Å². The Balaban J connectivity index is 1.27. The summed E-state index contributed by atoms with van der Waals surface area (Å²) < 4.78 is 0. The van der Waals surface area contributed by atoms with Gasteiger partial charge < -0.3 is 4.90 Å². The van der Waals surface area contributed by atoms with Gasteiger partial charge in [-0.25, -0.2) is 9.97 Å². The zero-order valence-electron chi connectivity index (χ0n) is 21.7. The number of rotatable bonds is 7. The van der Waals surface area contributed by atoms with Gasteiger partial charge in [-0.15, -0.1) is 0 Å². The third-order valence-corrected chi connectivity index (χ3v) is 7.37. The molecule has 0 N–H and O–H groups in total. The second-order valence-corrected chi connectivity index (χ2v) is 10.2. The maximum Gasteiger partial charge on any atom is 0.167 e. The third kappa shape index (κ3) is 6.36. The van der Waals surface area contributed by atoms with Crippen molar-refractivity contribution in [1.82, 2.24) is 19.9 Å². The number of hydrogen-bond acceptors (Lipinski definition) is 5. The summed E-state index contributed by atoms with van der Waals surface area (Å²) in [5, 5.41) is 0. The van der Waals surface area contributed by atoms with E-state index in [0.29, 0.717) is 18.8 Å². The largest absolute Gasteiger partial charge is 0.306 e. The van der Waals surface area contributed by atoms with Crippen LogP contribution in [0.5, 0.6) is 0 Å². The average molecular weight is 491 g/mol. The second kappa shape index (κ2) is 11.6. The molecule has 37 heavy (non-hydrogen) atoms. The molecule has 5 rings (SSSR count). The van der Waals surface area contributed by atoms with Crippen molar-refractivity contribution >= 4 is 5.78 Å². The molecule has 1 atom stereocenters. The molecule has 0 amide bonds. The van der Waals surface area contributed by atoms with Crippen LogP contribution in [0.25, 0.3) is 11.3 Å². The zero-order valence-corrected chi connectivity index (χ0v) is 21.7. The minimum absolute atomic E-state index is 0.147. The lowest BCUT2D eigenvalue weighted by atomic mass is 9.92. The number of likely N-dealkylation sites (N-methyl/N-ethyl adjacent to an activating group) is 1. The minimum atomic E-state index is 0.147.